The SMILES string of the molecule is CC1(CC(F)(F)F)N=CC=N1. The predicted octanol–water partition coefficient (Wildman–Crippen LogP) is 1.81. The van der Waals surface area contributed by atoms with Crippen molar-refractivity contribution in [2.45, 2.75) is 25.2 Å². The fraction of sp³-hybridized carbons (Fsp3) is 0.667. The highest BCUT2D eigenvalue weighted by Gasteiger charge is 2.39. The average Bonchev–Trinajstić information content (AvgIpc) is 2.09. The summed E-state index contributed by atoms with van der Waals surface area (Å²) in [6.07, 6.45) is -2.63. The van der Waals surface area contributed by atoms with Crippen LogP contribution in [0.3, 0.4) is 0 Å². The summed E-state index contributed by atoms with van der Waals surface area (Å²) in [5.74, 6) is 0. The Hall–Kier alpha value is -0.870. The van der Waals surface area contributed by atoms with E-state index < -0.39 is 18.3 Å². The van der Waals surface area contributed by atoms with Crippen LogP contribution in [-0.4, -0.2) is 24.3 Å². The quantitative estimate of drug-likeness (QED) is 0.564. The van der Waals surface area contributed by atoms with E-state index in [1.165, 1.54) is 19.4 Å². The molecule has 1 rings (SSSR count). The number of halogens is 3. The van der Waals surface area contributed by atoms with E-state index in [0.717, 1.165) is 0 Å². The van der Waals surface area contributed by atoms with Crippen LogP contribution in [0.1, 0.15) is 13.3 Å². The molecule has 0 spiro atoms. The lowest BCUT2D eigenvalue weighted by Gasteiger charge is -2.18. The Morgan fingerprint density at radius 3 is 2.09 bits per heavy atom. The second-order valence-corrected chi connectivity index (χ2v) is 2.57. The highest BCUT2D eigenvalue weighted by Crippen LogP contribution is 2.31. The van der Waals surface area contributed by atoms with Gasteiger partial charge in [0, 0.05) is 12.4 Å². The Balaban J connectivity index is 2.62. The largest absolute Gasteiger partial charge is 0.393 e. The van der Waals surface area contributed by atoms with Gasteiger partial charge in [-0.05, 0) is 6.92 Å². The Kier molecular flexibility index (Phi) is 1.74. The van der Waals surface area contributed by atoms with Crippen molar-refractivity contribution in [1.29, 1.82) is 0 Å². The third kappa shape index (κ3) is 2.32. The number of aliphatic imine (C=N–C) groups is 2. The summed E-state index contributed by atoms with van der Waals surface area (Å²) in [5.41, 5.74) is -1.31. The van der Waals surface area contributed by atoms with Crippen LogP contribution in [0, 0.1) is 0 Å². The van der Waals surface area contributed by atoms with Gasteiger partial charge in [0.1, 0.15) is 0 Å². The monoisotopic (exact) mass is 164 g/mol. The lowest BCUT2D eigenvalue weighted by Crippen LogP contribution is -2.25. The molecule has 0 bridgehead atoms. The van der Waals surface area contributed by atoms with Gasteiger partial charge in [0.2, 0.25) is 0 Å². The van der Waals surface area contributed by atoms with Gasteiger partial charge < -0.3 is 0 Å². The number of hydrogen-bond donors (Lipinski definition) is 0. The standard InChI is InChI=1S/C6H7F3N2/c1-5(4-6(7,8)9)10-2-3-11-5/h2-3H,4H2,1H3. The van der Waals surface area contributed by atoms with Crippen molar-refractivity contribution in [3.05, 3.63) is 0 Å². The van der Waals surface area contributed by atoms with Gasteiger partial charge in [-0.2, -0.15) is 13.2 Å². The Morgan fingerprint density at radius 2 is 1.73 bits per heavy atom. The maximum Gasteiger partial charge on any atom is 0.393 e. The lowest BCUT2D eigenvalue weighted by molar-refractivity contribution is -0.144. The van der Waals surface area contributed by atoms with Crippen LogP contribution in [-0.2, 0) is 0 Å². The molecule has 1 aliphatic heterocycles. The summed E-state index contributed by atoms with van der Waals surface area (Å²) in [6, 6.07) is 0. The number of nitrogens with zero attached hydrogens (tertiary/aromatic N) is 2. The molecule has 0 atom stereocenters. The van der Waals surface area contributed by atoms with Crippen molar-refractivity contribution in [2.75, 3.05) is 0 Å². The summed E-state index contributed by atoms with van der Waals surface area (Å²) < 4.78 is 35.4. The molecule has 5 heteroatoms. The second kappa shape index (κ2) is 2.32. The van der Waals surface area contributed by atoms with Gasteiger partial charge in [-0.15, -0.1) is 0 Å². The van der Waals surface area contributed by atoms with Crippen LogP contribution >= 0.6 is 0 Å². The van der Waals surface area contributed by atoms with Crippen molar-refractivity contribution >= 4 is 12.4 Å². The topological polar surface area (TPSA) is 24.7 Å². The summed E-state index contributed by atoms with van der Waals surface area (Å²) in [7, 11) is 0. The zero-order valence-corrected chi connectivity index (χ0v) is 5.89. The molecule has 0 saturated carbocycles. The third-order valence-corrected chi connectivity index (χ3v) is 1.31. The molecule has 0 radical (unpaired) electrons. The van der Waals surface area contributed by atoms with Gasteiger partial charge in [-0.25, -0.2) is 0 Å². The van der Waals surface area contributed by atoms with Crippen LogP contribution in [0.5, 0.6) is 0 Å². The van der Waals surface area contributed by atoms with E-state index in [1.54, 1.807) is 0 Å². The molecule has 0 aromatic carbocycles. The normalized spacial score (nSPS) is 21.1. The van der Waals surface area contributed by atoms with Crippen LogP contribution in [0.15, 0.2) is 9.98 Å². The Labute approximate surface area is 61.8 Å². The summed E-state index contributed by atoms with van der Waals surface area (Å²) in [5, 5.41) is 0. The molecule has 0 aromatic heterocycles. The van der Waals surface area contributed by atoms with Gasteiger partial charge in [-0.3, -0.25) is 9.98 Å². The fourth-order valence-electron chi connectivity index (χ4n) is 0.892. The fourth-order valence-corrected chi connectivity index (χ4v) is 0.892. The minimum atomic E-state index is -4.20. The zero-order valence-electron chi connectivity index (χ0n) is 5.89. The molecule has 0 saturated heterocycles. The van der Waals surface area contributed by atoms with Crippen molar-refractivity contribution in [2.24, 2.45) is 9.98 Å². The minimum absolute atomic E-state index is 0.993. The highest BCUT2D eigenvalue weighted by molar-refractivity contribution is 6.17. The summed E-state index contributed by atoms with van der Waals surface area (Å²) in [4.78, 5) is 7.17. The van der Waals surface area contributed by atoms with E-state index in [2.05, 4.69) is 9.98 Å². The van der Waals surface area contributed by atoms with Gasteiger partial charge in [0.05, 0.1) is 6.42 Å². The van der Waals surface area contributed by atoms with Crippen LogP contribution < -0.4 is 0 Å². The number of hydrogen-bond acceptors (Lipinski definition) is 2. The van der Waals surface area contributed by atoms with Crippen LogP contribution in [0.4, 0.5) is 13.2 Å². The first kappa shape index (κ1) is 8.23. The smallest absolute Gasteiger partial charge is 0.262 e. The molecule has 1 heterocycles. The molecule has 62 valence electrons. The zero-order chi connectivity index (χ0) is 8.54. The first-order valence-corrected chi connectivity index (χ1v) is 3.07. The van der Waals surface area contributed by atoms with Gasteiger partial charge in [-0.1, -0.05) is 0 Å². The van der Waals surface area contributed by atoms with Gasteiger partial charge in [0.25, 0.3) is 0 Å². The molecule has 0 unspecified atom stereocenters. The molecule has 1 aliphatic rings. The highest BCUT2D eigenvalue weighted by atomic mass is 19.4. The molecule has 0 aromatic rings. The molecule has 11 heavy (non-hydrogen) atoms. The van der Waals surface area contributed by atoms with E-state index in [1.807, 2.05) is 0 Å². The molecule has 0 aliphatic carbocycles. The maximum atomic E-state index is 11.8. The predicted molar refractivity (Wildman–Crippen MR) is 36.1 cm³/mol. The van der Waals surface area contributed by atoms with E-state index in [9.17, 15) is 13.2 Å². The summed E-state index contributed by atoms with van der Waals surface area (Å²) >= 11 is 0. The van der Waals surface area contributed by atoms with E-state index in [-0.39, 0.29) is 0 Å². The van der Waals surface area contributed by atoms with Gasteiger partial charge in [0.15, 0.2) is 5.66 Å². The maximum absolute atomic E-state index is 11.8. The first-order valence-electron chi connectivity index (χ1n) is 3.07. The Morgan fingerprint density at radius 1 is 1.27 bits per heavy atom. The number of rotatable bonds is 1. The number of alkyl halides is 3. The average molecular weight is 164 g/mol. The molecule has 0 fully saturated rings. The van der Waals surface area contributed by atoms with Crippen molar-refractivity contribution in [1.82, 2.24) is 0 Å². The van der Waals surface area contributed by atoms with Crippen LogP contribution in [0.25, 0.3) is 0 Å². The third-order valence-electron chi connectivity index (χ3n) is 1.31. The van der Waals surface area contributed by atoms with Crippen LogP contribution in [0.2, 0.25) is 0 Å². The Bertz CT molecular complexity index is 192. The van der Waals surface area contributed by atoms with Crippen molar-refractivity contribution in [3.63, 3.8) is 0 Å². The van der Waals surface area contributed by atoms with Crippen molar-refractivity contribution < 1.29 is 13.2 Å². The molecule has 0 amide bonds. The molecule has 2 nitrogen and oxygen atoms in total. The molecular weight excluding hydrogens is 157 g/mol. The summed E-state index contributed by atoms with van der Waals surface area (Å²) in [6.45, 7) is 1.35. The lowest BCUT2D eigenvalue weighted by atomic mass is 10.1. The molecule has 0 N–H and O–H groups in total. The van der Waals surface area contributed by atoms with Gasteiger partial charge >= 0.3 is 6.18 Å². The first-order chi connectivity index (χ1) is 4.91. The van der Waals surface area contributed by atoms with Crippen molar-refractivity contribution in [3.8, 4) is 0 Å². The van der Waals surface area contributed by atoms with E-state index in [4.69, 9.17) is 0 Å². The van der Waals surface area contributed by atoms with E-state index >= 15 is 0 Å². The van der Waals surface area contributed by atoms with E-state index in [0.29, 0.717) is 0 Å². The molecular formula is C6H7F3N2. The minimum Gasteiger partial charge on any atom is -0.262 e. The second-order valence-electron chi connectivity index (χ2n) is 2.57.